The Morgan fingerprint density at radius 3 is 2.84 bits per heavy atom. The van der Waals surface area contributed by atoms with Crippen molar-refractivity contribution >= 4 is 17.3 Å². The van der Waals surface area contributed by atoms with Gasteiger partial charge in [-0.1, -0.05) is 25.1 Å². The van der Waals surface area contributed by atoms with Crippen molar-refractivity contribution in [3.8, 4) is 0 Å². The first-order valence-corrected chi connectivity index (χ1v) is 7.17. The predicted octanol–water partition coefficient (Wildman–Crippen LogP) is 3.69. The van der Waals surface area contributed by atoms with Crippen LogP contribution in [-0.4, -0.2) is 11.1 Å². The van der Waals surface area contributed by atoms with Crippen molar-refractivity contribution in [3.05, 3.63) is 57.8 Å². The second-order valence-electron chi connectivity index (χ2n) is 4.36. The second kappa shape index (κ2) is 6.50. The fourth-order valence-corrected chi connectivity index (χ4v) is 2.88. The molecule has 1 unspecified atom stereocenters. The van der Waals surface area contributed by atoms with E-state index in [9.17, 15) is 4.79 Å². The van der Waals surface area contributed by atoms with Crippen LogP contribution in [0.4, 0.5) is 0 Å². The van der Waals surface area contributed by atoms with Gasteiger partial charge in [-0.05, 0) is 35.6 Å². The molecule has 0 aliphatic carbocycles. The summed E-state index contributed by atoms with van der Waals surface area (Å²) in [6, 6.07) is 11.6. The lowest BCUT2D eigenvalue weighted by Gasteiger charge is -2.15. The van der Waals surface area contributed by atoms with Gasteiger partial charge in [0.2, 0.25) is 0 Å². The van der Waals surface area contributed by atoms with Gasteiger partial charge in [-0.2, -0.15) is 0 Å². The quantitative estimate of drug-likeness (QED) is 0.845. The Balaban J connectivity index is 2.01. The molecule has 0 amide bonds. The average molecular weight is 275 g/mol. The van der Waals surface area contributed by atoms with E-state index < -0.39 is 5.97 Å². The first kappa shape index (κ1) is 13.8. The predicted molar refractivity (Wildman–Crippen MR) is 77.6 cm³/mol. The summed E-state index contributed by atoms with van der Waals surface area (Å²) in [5.74, 6) is -0.882. The van der Waals surface area contributed by atoms with Gasteiger partial charge in [0.05, 0.1) is 5.56 Å². The Labute approximate surface area is 116 Å². The van der Waals surface area contributed by atoms with Gasteiger partial charge >= 0.3 is 5.97 Å². The standard InChI is InChI=1S/C15H17NO2S/c1-2-13(14-7-4-8-19-14)16-10-11-5-3-6-12(9-11)15(17)18/h3-9,13,16H,2,10H2,1H3,(H,17,18). The zero-order chi connectivity index (χ0) is 13.7. The van der Waals surface area contributed by atoms with Gasteiger partial charge in [0.15, 0.2) is 0 Å². The molecule has 0 saturated heterocycles. The van der Waals surface area contributed by atoms with Gasteiger partial charge < -0.3 is 10.4 Å². The average Bonchev–Trinajstić information content (AvgIpc) is 2.94. The zero-order valence-electron chi connectivity index (χ0n) is 10.8. The number of hydrogen-bond acceptors (Lipinski definition) is 3. The lowest BCUT2D eigenvalue weighted by atomic mass is 10.1. The Kier molecular flexibility index (Phi) is 4.71. The molecule has 19 heavy (non-hydrogen) atoms. The van der Waals surface area contributed by atoms with E-state index in [-0.39, 0.29) is 0 Å². The minimum absolute atomic E-state index is 0.327. The van der Waals surface area contributed by atoms with Crippen LogP contribution in [0.5, 0.6) is 0 Å². The fourth-order valence-electron chi connectivity index (χ4n) is 1.99. The van der Waals surface area contributed by atoms with E-state index >= 15 is 0 Å². The second-order valence-corrected chi connectivity index (χ2v) is 5.34. The third-order valence-corrected chi connectivity index (χ3v) is 4.01. The molecule has 0 bridgehead atoms. The minimum Gasteiger partial charge on any atom is -0.478 e. The van der Waals surface area contributed by atoms with E-state index in [1.165, 1.54) is 4.88 Å². The third-order valence-electron chi connectivity index (χ3n) is 3.02. The number of rotatable bonds is 6. The van der Waals surface area contributed by atoms with Gasteiger partial charge in [-0.15, -0.1) is 11.3 Å². The first-order chi connectivity index (χ1) is 9.20. The number of nitrogens with one attached hydrogen (secondary N) is 1. The molecule has 3 nitrogen and oxygen atoms in total. The highest BCUT2D eigenvalue weighted by Gasteiger charge is 2.10. The van der Waals surface area contributed by atoms with E-state index in [2.05, 4.69) is 29.8 Å². The molecule has 1 heterocycles. The van der Waals surface area contributed by atoms with Crippen molar-refractivity contribution in [3.63, 3.8) is 0 Å². The molecule has 2 aromatic rings. The summed E-state index contributed by atoms with van der Waals surface area (Å²) in [5, 5.41) is 14.5. The van der Waals surface area contributed by atoms with E-state index in [1.807, 2.05) is 6.07 Å². The molecule has 0 spiro atoms. The maximum Gasteiger partial charge on any atom is 0.335 e. The highest BCUT2D eigenvalue weighted by molar-refractivity contribution is 7.10. The summed E-state index contributed by atoms with van der Waals surface area (Å²) in [6.45, 7) is 2.82. The molecule has 2 rings (SSSR count). The van der Waals surface area contributed by atoms with Crippen LogP contribution >= 0.6 is 11.3 Å². The zero-order valence-corrected chi connectivity index (χ0v) is 11.6. The maximum atomic E-state index is 10.9. The Morgan fingerprint density at radius 1 is 1.37 bits per heavy atom. The van der Waals surface area contributed by atoms with E-state index in [0.29, 0.717) is 18.2 Å². The number of thiophene rings is 1. The Hall–Kier alpha value is -1.65. The van der Waals surface area contributed by atoms with Crippen LogP contribution in [0.3, 0.4) is 0 Å². The fraction of sp³-hybridized carbons (Fsp3) is 0.267. The molecule has 4 heteroatoms. The molecule has 1 aromatic heterocycles. The summed E-state index contributed by atoms with van der Waals surface area (Å²) in [6.07, 6.45) is 1.01. The molecule has 0 aliphatic heterocycles. The van der Waals surface area contributed by atoms with Crippen LogP contribution in [-0.2, 0) is 6.54 Å². The lowest BCUT2D eigenvalue weighted by molar-refractivity contribution is 0.0696. The Morgan fingerprint density at radius 2 is 2.21 bits per heavy atom. The first-order valence-electron chi connectivity index (χ1n) is 6.29. The van der Waals surface area contributed by atoms with Gasteiger partial charge in [-0.3, -0.25) is 0 Å². The van der Waals surface area contributed by atoms with Crippen LogP contribution < -0.4 is 5.32 Å². The van der Waals surface area contributed by atoms with Gasteiger partial charge in [0, 0.05) is 17.5 Å². The van der Waals surface area contributed by atoms with Crippen LogP contribution in [0, 0.1) is 0 Å². The van der Waals surface area contributed by atoms with Crippen molar-refractivity contribution in [2.24, 2.45) is 0 Å². The SMILES string of the molecule is CCC(NCc1cccc(C(=O)O)c1)c1cccs1. The molecule has 1 atom stereocenters. The van der Waals surface area contributed by atoms with Gasteiger partial charge in [0.1, 0.15) is 0 Å². The van der Waals surface area contributed by atoms with Gasteiger partial charge in [0.25, 0.3) is 0 Å². The van der Waals surface area contributed by atoms with Crippen molar-refractivity contribution in [1.82, 2.24) is 5.32 Å². The van der Waals surface area contributed by atoms with E-state index in [4.69, 9.17) is 5.11 Å². The van der Waals surface area contributed by atoms with Crippen LogP contribution in [0.25, 0.3) is 0 Å². The van der Waals surface area contributed by atoms with Crippen molar-refractivity contribution in [2.45, 2.75) is 25.9 Å². The number of carboxylic acid groups (broad SMARTS) is 1. The van der Waals surface area contributed by atoms with Crippen LogP contribution in [0.1, 0.15) is 40.2 Å². The van der Waals surface area contributed by atoms with Crippen LogP contribution in [0.15, 0.2) is 41.8 Å². The van der Waals surface area contributed by atoms with E-state index in [0.717, 1.165) is 12.0 Å². The highest BCUT2D eigenvalue weighted by atomic mass is 32.1. The number of aromatic carboxylic acids is 1. The smallest absolute Gasteiger partial charge is 0.335 e. The molecule has 0 aliphatic rings. The minimum atomic E-state index is -0.882. The monoisotopic (exact) mass is 275 g/mol. The third kappa shape index (κ3) is 3.66. The molecule has 100 valence electrons. The lowest BCUT2D eigenvalue weighted by Crippen LogP contribution is -2.19. The van der Waals surface area contributed by atoms with E-state index in [1.54, 1.807) is 29.5 Å². The van der Waals surface area contributed by atoms with Crippen molar-refractivity contribution < 1.29 is 9.90 Å². The van der Waals surface area contributed by atoms with Crippen molar-refractivity contribution in [2.75, 3.05) is 0 Å². The molecular weight excluding hydrogens is 258 g/mol. The number of hydrogen-bond donors (Lipinski definition) is 2. The topological polar surface area (TPSA) is 49.3 Å². The summed E-state index contributed by atoms with van der Waals surface area (Å²) < 4.78 is 0. The summed E-state index contributed by atoms with van der Waals surface area (Å²) in [7, 11) is 0. The van der Waals surface area contributed by atoms with Crippen molar-refractivity contribution in [1.29, 1.82) is 0 Å². The molecule has 0 radical (unpaired) electrons. The number of carboxylic acids is 1. The van der Waals surface area contributed by atoms with Gasteiger partial charge in [-0.25, -0.2) is 4.79 Å². The number of benzene rings is 1. The molecule has 0 fully saturated rings. The normalized spacial score (nSPS) is 12.3. The summed E-state index contributed by atoms with van der Waals surface area (Å²) in [4.78, 5) is 12.2. The van der Waals surface area contributed by atoms with Crippen LogP contribution in [0.2, 0.25) is 0 Å². The highest BCUT2D eigenvalue weighted by Crippen LogP contribution is 2.22. The summed E-state index contributed by atoms with van der Waals surface area (Å²) in [5.41, 5.74) is 1.33. The summed E-state index contributed by atoms with van der Waals surface area (Å²) >= 11 is 1.74. The largest absolute Gasteiger partial charge is 0.478 e. The molecular formula is C15H17NO2S. The molecule has 1 aromatic carbocycles. The number of carbonyl (C=O) groups is 1. The molecule has 0 saturated carbocycles. The maximum absolute atomic E-state index is 10.9. The Bertz CT molecular complexity index is 537. The molecule has 2 N–H and O–H groups in total.